The van der Waals surface area contributed by atoms with Crippen LogP contribution in [0.5, 0.6) is 0 Å². The van der Waals surface area contributed by atoms with Gasteiger partial charge >= 0.3 is 5.97 Å². The van der Waals surface area contributed by atoms with E-state index in [2.05, 4.69) is 10.3 Å². The Morgan fingerprint density at radius 2 is 2.22 bits per heavy atom. The van der Waals surface area contributed by atoms with E-state index in [4.69, 9.17) is 15.6 Å². The molecule has 0 atom stereocenters. The highest BCUT2D eigenvalue weighted by Crippen LogP contribution is 2.18. The molecule has 7 heteroatoms. The molecule has 0 unspecified atom stereocenters. The van der Waals surface area contributed by atoms with Crippen molar-refractivity contribution in [3.63, 3.8) is 0 Å². The number of carboxylic acids is 1. The van der Waals surface area contributed by atoms with Gasteiger partial charge in [0.2, 0.25) is 0 Å². The molecule has 0 amide bonds. The lowest BCUT2D eigenvalue weighted by Crippen LogP contribution is -2.23. The van der Waals surface area contributed by atoms with E-state index >= 15 is 0 Å². The number of carbonyl (C=O) groups is 1. The van der Waals surface area contributed by atoms with Gasteiger partial charge in [-0.3, -0.25) is 0 Å². The van der Waals surface area contributed by atoms with Crippen LogP contribution >= 0.6 is 0 Å². The fourth-order valence-electron chi connectivity index (χ4n) is 2.20. The summed E-state index contributed by atoms with van der Waals surface area (Å²) in [5, 5.41) is 16.7. The first-order valence-electron chi connectivity index (χ1n) is 6.16. The van der Waals surface area contributed by atoms with Crippen molar-refractivity contribution in [2.75, 3.05) is 19.8 Å². The van der Waals surface area contributed by atoms with Crippen LogP contribution < -0.4 is 5.73 Å². The lowest BCUT2D eigenvalue weighted by molar-refractivity contribution is 0.0596. The molecule has 0 aliphatic carbocycles. The van der Waals surface area contributed by atoms with Crippen LogP contribution in [-0.4, -0.2) is 45.8 Å². The minimum atomic E-state index is -1.04. The molecule has 0 aromatic carbocycles. The Balaban J connectivity index is 2.13. The minimum Gasteiger partial charge on any atom is -0.476 e. The maximum absolute atomic E-state index is 11.0. The Morgan fingerprint density at radius 1 is 1.50 bits per heavy atom. The highest BCUT2D eigenvalue weighted by Gasteiger charge is 2.21. The van der Waals surface area contributed by atoms with Gasteiger partial charge in [0, 0.05) is 26.2 Å². The average Bonchev–Trinajstić information content (AvgIpc) is 2.74. The fraction of sp³-hybridized carbons (Fsp3) is 0.727. The van der Waals surface area contributed by atoms with Crippen LogP contribution in [-0.2, 0) is 17.7 Å². The van der Waals surface area contributed by atoms with Crippen molar-refractivity contribution in [1.29, 1.82) is 0 Å². The molecule has 0 spiro atoms. The number of nitrogens with two attached hydrogens (primary N) is 1. The first-order valence-corrected chi connectivity index (χ1v) is 6.16. The average molecular weight is 254 g/mol. The van der Waals surface area contributed by atoms with Crippen molar-refractivity contribution in [3.05, 3.63) is 11.4 Å². The van der Waals surface area contributed by atoms with Crippen molar-refractivity contribution < 1.29 is 14.6 Å². The summed E-state index contributed by atoms with van der Waals surface area (Å²) in [5.41, 5.74) is 6.15. The van der Waals surface area contributed by atoms with Gasteiger partial charge in [-0.25, -0.2) is 9.48 Å². The number of ether oxygens (including phenoxy) is 1. The van der Waals surface area contributed by atoms with Crippen LogP contribution in [0.25, 0.3) is 0 Å². The van der Waals surface area contributed by atoms with E-state index in [-0.39, 0.29) is 5.69 Å². The van der Waals surface area contributed by atoms with Crippen LogP contribution in [0.3, 0.4) is 0 Å². The number of aromatic carboxylic acids is 1. The largest absolute Gasteiger partial charge is 0.476 e. The molecule has 1 aliphatic rings. The normalized spacial score (nSPS) is 16.9. The summed E-state index contributed by atoms with van der Waals surface area (Å²) in [7, 11) is 0. The molecule has 0 saturated carbocycles. The third-order valence-corrected chi connectivity index (χ3v) is 3.19. The molecule has 18 heavy (non-hydrogen) atoms. The highest BCUT2D eigenvalue weighted by atomic mass is 16.5. The molecule has 2 rings (SSSR count). The zero-order chi connectivity index (χ0) is 13.0. The predicted octanol–water partition coefficient (Wildman–Crippen LogP) is -0.0959. The minimum absolute atomic E-state index is 0.0208. The van der Waals surface area contributed by atoms with Crippen molar-refractivity contribution in [2.24, 2.45) is 11.7 Å². The van der Waals surface area contributed by atoms with Gasteiger partial charge in [-0.05, 0) is 25.3 Å². The van der Waals surface area contributed by atoms with Crippen LogP contribution in [0, 0.1) is 5.92 Å². The molecule has 1 aromatic rings. The first-order chi connectivity index (χ1) is 8.72. The summed E-state index contributed by atoms with van der Waals surface area (Å²) >= 11 is 0. The monoisotopic (exact) mass is 254 g/mol. The molecule has 3 N–H and O–H groups in total. The predicted molar refractivity (Wildman–Crippen MR) is 63.3 cm³/mol. The second-order valence-electron chi connectivity index (χ2n) is 4.47. The van der Waals surface area contributed by atoms with Crippen molar-refractivity contribution in [1.82, 2.24) is 15.0 Å². The molecule has 1 aromatic heterocycles. The van der Waals surface area contributed by atoms with Crippen molar-refractivity contribution in [3.8, 4) is 0 Å². The number of hydrogen-bond donors (Lipinski definition) is 2. The Labute approximate surface area is 105 Å². The first kappa shape index (κ1) is 13.0. The highest BCUT2D eigenvalue weighted by molar-refractivity contribution is 5.86. The van der Waals surface area contributed by atoms with Gasteiger partial charge in [0.1, 0.15) is 0 Å². The van der Waals surface area contributed by atoms with Gasteiger partial charge in [-0.2, -0.15) is 0 Å². The molecule has 1 aliphatic heterocycles. The summed E-state index contributed by atoms with van der Waals surface area (Å²) in [4.78, 5) is 11.0. The Bertz CT molecular complexity index is 412. The standard InChI is InChI=1S/C11H18N4O3/c12-4-1-9-10(11(16)17)13-14-15(9)7-8-2-5-18-6-3-8/h8H,1-7,12H2,(H,16,17). The molecule has 100 valence electrons. The number of aromatic nitrogens is 3. The second-order valence-corrected chi connectivity index (χ2v) is 4.47. The molecule has 7 nitrogen and oxygen atoms in total. The molecule has 0 bridgehead atoms. The molecule has 2 heterocycles. The van der Waals surface area contributed by atoms with E-state index < -0.39 is 5.97 Å². The molecular weight excluding hydrogens is 236 g/mol. The summed E-state index contributed by atoms with van der Waals surface area (Å²) in [6.45, 7) is 2.61. The lowest BCUT2D eigenvalue weighted by atomic mass is 10.0. The van der Waals surface area contributed by atoms with E-state index in [1.165, 1.54) is 0 Å². The molecule has 0 radical (unpaired) electrons. The number of hydrogen-bond acceptors (Lipinski definition) is 5. The maximum atomic E-state index is 11.0. The molecular formula is C11H18N4O3. The smallest absolute Gasteiger partial charge is 0.358 e. The Morgan fingerprint density at radius 3 is 2.83 bits per heavy atom. The summed E-state index contributed by atoms with van der Waals surface area (Å²) in [5.74, 6) is -0.574. The Kier molecular flexibility index (Phi) is 4.27. The topological polar surface area (TPSA) is 103 Å². The Hall–Kier alpha value is -1.47. The van der Waals surface area contributed by atoms with Gasteiger partial charge in [-0.15, -0.1) is 5.10 Å². The van der Waals surface area contributed by atoms with Crippen LogP contribution in [0.2, 0.25) is 0 Å². The maximum Gasteiger partial charge on any atom is 0.358 e. The van der Waals surface area contributed by atoms with E-state index in [9.17, 15) is 4.79 Å². The van der Waals surface area contributed by atoms with Gasteiger partial charge in [0.25, 0.3) is 0 Å². The zero-order valence-corrected chi connectivity index (χ0v) is 10.2. The second kappa shape index (κ2) is 5.92. The van der Waals surface area contributed by atoms with Crippen molar-refractivity contribution >= 4 is 5.97 Å². The van der Waals surface area contributed by atoms with Crippen molar-refractivity contribution in [2.45, 2.75) is 25.8 Å². The molecule has 1 saturated heterocycles. The number of carboxylic acid groups (broad SMARTS) is 1. The SMILES string of the molecule is NCCc1c(C(=O)O)nnn1CC1CCOCC1. The molecule has 1 fully saturated rings. The number of rotatable bonds is 5. The van der Waals surface area contributed by atoms with Gasteiger partial charge in [-0.1, -0.05) is 5.21 Å². The van der Waals surface area contributed by atoms with Gasteiger partial charge in [0.05, 0.1) is 5.69 Å². The van der Waals surface area contributed by atoms with Crippen LogP contribution in [0.15, 0.2) is 0 Å². The summed E-state index contributed by atoms with van der Waals surface area (Å²) in [6.07, 6.45) is 2.44. The van der Waals surface area contributed by atoms with Gasteiger partial charge < -0.3 is 15.6 Å². The lowest BCUT2D eigenvalue weighted by Gasteiger charge is -2.22. The quantitative estimate of drug-likeness (QED) is 0.760. The van der Waals surface area contributed by atoms with Crippen LogP contribution in [0.4, 0.5) is 0 Å². The van der Waals surface area contributed by atoms with Gasteiger partial charge in [0.15, 0.2) is 5.69 Å². The number of nitrogens with zero attached hydrogens (tertiary/aromatic N) is 3. The van der Waals surface area contributed by atoms with E-state index in [0.717, 1.165) is 26.1 Å². The zero-order valence-electron chi connectivity index (χ0n) is 10.2. The van der Waals surface area contributed by atoms with Crippen LogP contribution in [0.1, 0.15) is 29.0 Å². The summed E-state index contributed by atoms with van der Waals surface area (Å²) < 4.78 is 6.99. The third kappa shape index (κ3) is 2.85. The summed E-state index contributed by atoms with van der Waals surface area (Å²) in [6, 6.07) is 0. The van der Waals surface area contributed by atoms with E-state index in [1.807, 2.05) is 0 Å². The van der Waals surface area contributed by atoms with E-state index in [1.54, 1.807) is 4.68 Å². The third-order valence-electron chi connectivity index (χ3n) is 3.19. The fourth-order valence-corrected chi connectivity index (χ4v) is 2.20. The van der Waals surface area contributed by atoms with E-state index in [0.29, 0.717) is 31.1 Å².